The fourth-order valence-electron chi connectivity index (χ4n) is 2.35. The van der Waals surface area contributed by atoms with Gasteiger partial charge in [-0.15, -0.1) is 0 Å². The standard InChI is InChI=1S/C19H23ClN2O/c1-21(2)12-11-17(14-5-8-16(20)9-6-14)15-7-10-19(23)18(13-15)22(3)4/h5-11,13,23H,12H2,1-4H3. The monoisotopic (exact) mass is 330 g/mol. The number of benzene rings is 2. The summed E-state index contributed by atoms with van der Waals surface area (Å²) < 4.78 is 0. The first-order chi connectivity index (χ1) is 10.9. The van der Waals surface area contributed by atoms with Crippen molar-refractivity contribution in [1.82, 2.24) is 4.90 Å². The van der Waals surface area contributed by atoms with Gasteiger partial charge in [0.25, 0.3) is 0 Å². The van der Waals surface area contributed by atoms with Crippen LogP contribution in [0.2, 0.25) is 5.02 Å². The number of hydrogen-bond acceptors (Lipinski definition) is 3. The largest absolute Gasteiger partial charge is 0.506 e. The summed E-state index contributed by atoms with van der Waals surface area (Å²) in [7, 11) is 7.92. The van der Waals surface area contributed by atoms with Crippen LogP contribution in [0.4, 0.5) is 5.69 Å². The van der Waals surface area contributed by atoms with Gasteiger partial charge in [0, 0.05) is 25.7 Å². The zero-order chi connectivity index (χ0) is 17.0. The molecule has 0 bridgehead atoms. The minimum absolute atomic E-state index is 0.279. The number of anilines is 1. The van der Waals surface area contributed by atoms with Gasteiger partial charge in [-0.2, -0.15) is 0 Å². The molecule has 23 heavy (non-hydrogen) atoms. The van der Waals surface area contributed by atoms with Crippen LogP contribution < -0.4 is 4.90 Å². The van der Waals surface area contributed by atoms with E-state index < -0.39 is 0 Å². The van der Waals surface area contributed by atoms with Crippen molar-refractivity contribution in [3.05, 3.63) is 64.7 Å². The second-order valence-corrected chi connectivity index (χ2v) is 6.42. The molecule has 0 aromatic heterocycles. The molecule has 2 aromatic rings. The van der Waals surface area contributed by atoms with Gasteiger partial charge in [-0.05, 0) is 55.1 Å². The van der Waals surface area contributed by atoms with Gasteiger partial charge in [0.2, 0.25) is 0 Å². The number of hydrogen-bond donors (Lipinski definition) is 1. The number of rotatable bonds is 5. The second kappa shape index (κ2) is 7.53. The van der Waals surface area contributed by atoms with Crippen molar-refractivity contribution in [2.45, 2.75) is 0 Å². The summed E-state index contributed by atoms with van der Waals surface area (Å²) >= 11 is 6.01. The van der Waals surface area contributed by atoms with Crippen LogP contribution in [-0.4, -0.2) is 44.7 Å². The highest BCUT2D eigenvalue weighted by atomic mass is 35.5. The minimum atomic E-state index is 0.279. The maximum atomic E-state index is 10.0. The van der Waals surface area contributed by atoms with Crippen molar-refractivity contribution in [1.29, 1.82) is 0 Å². The average Bonchev–Trinajstić information content (AvgIpc) is 2.50. The van der Waals surface area contributed by atoms with Crippen molar-refractivity contribution >= 4 is 22.9 Å². The number of nitrogens with zero attached hydrogens (tertiary/aromatic N) is 2. The lowest BCUT2D eigenvalue weighted by Gasteiger charge is -2.17. The van der Waals surface area contributed by atoms with Crippen molar-refractivity contribution < 1.29 is 5.11 Å². The predicted molar refractivity (Wildman–Crippen MR) is 99.5 cm³/mol. The van der Waals surface area contributed by atoms with Crippen molar-refractivity contribution in [3.63, 3.8) is 0 Å². The van der Waals surface area contributed by atoms with Gasteiger partial charge in [0.1, 0.15) is 5.75 Å². The molecule has 0 spiro atoms. The van der Waals surface area contributed by atoms with Crippen molar-refractivity contribution in [3.8, 4) is 5.75 Å². The molecule has 122 valence electrons. The first-order valence-electron chi connectivity index (χ1n) is 7.50. The summed E-state index contributed by atoms with van der Waals surface area (Å²) in [6.07, 6.45) is 2.19. The number of halogens is 1. The van der Waals surface area contributed by atoms with Crippen LogP contribution in [0.1, 0.15) is 11.1 Å². The van der Waals surface area contributed by atoms with E-state index in [1.165, 1.54) is 0 Å². The Bertz CT molecular complexity index is 691. The molecule has 2 rings (SSSR count). The molecule has 0 heterocycles. The van der Waals surface area contributed by atoms with Gasteiger partial charge in [0.05, 0.1) is 5.69 Å². The first kappa shape index (κ1) is 17.4. The van der Waals surface area contributed by atoms with Crippen molar-refractivity contribution in [2.75, 3.05) is 39.6 Å². The maximum Gasteiger partial charge on any atom is 0.138 e. The first-order valence-corrected chi connectivity index (χ1v) is 7.88. The van der Waals surface area contributed by atoms with E-state index in [1.807, 2.05) is 69.5 Å². The Hall–Kier alpha value is -1.97. The summed E-state index contributed by atoms with van der Waals surface area (Å²) in [6.45, 7) is 0.829. The summed E-state index contributed by atoms with van der Waals surface area (Å²) in [4.78, 5) is 4.02. The Morgan fingerprint density at radius 2 is 1.61 bits per heavy atom. The molecule has 0 saturated heterocycles. The van der Waals surface area contributed by atoms with E-state index in [2.05, 4.69) is 11.0 Å². The lowest BCUT2D eigenvalue weighted by molar-refractivity contribution is 0.457. The third-order valence-electron chi connectivity index (χ3n) is 3.58. The van der Waals surface area contributed by atoms with Gasteiger partial charge < -0.3 is 14.9 Å². The summed E-state index contributed by atoms with van der Waals surface area (Å²) in [5.74, 6) is 0.279. The quantitative estimate of drug-likeness (QED) is 0.894. The Morgan fingerprint density at radius 3 is 2.17 bits per heavy atom. The molecule has 0 aliphatic carbocycles. The lowest BCUT2D eigenvalue weighted by atomic mass is 9.96. The zero-order valence-electron chi connectivity index (χ0n) is 14.0. The van der Waals surface area contributed by atoms with E-state index in [4.69, 9.17) is 11.6 Å². The highest BCUT2D eigenvalue weighted by Crippen LogP contribution is 2.32. The van der Waals surface area contributed by atoms with Crippen LogP contribution in [0.5, 0.6) is 5.75 Å². The van der Waals surface area contributed by atoms with Crippen molar-refractivity contribution in [2.24, 2.45) is 0 Å². The van der Waals surface area contributed by atoms with Crippen LogP contribution >= 0.6 is 11.6 Å². The Balaban J connectivity index is 2.51. The van der Waals surface area contributed by atoms with E-state index in [0.29, 0.717) is 0 Å². The van der Waals surface area contributed by atoms with E-state index in [0.717, 1.165) is 34.0 Å². The molecule has 0 aliphatic heterocycles. The molecule has 0 fully saturated rings. The number of aromatic hydroxyl groups is 1. The van der Waals surface area contributed by atoms with Crippen LogP contribution in [-0.2, 0) is 0 Å². The molecule has 0 amide bonds. The van der Waals surface area contributed by atoms with Crippen LogP contribution in [0.15, 0.2) is 48.5 Å². The SMILES string of the molecule is CN(C)CC=C(c1ccc(Cl)cc1)c1ccc(O)c(N(C)C)c1. The number of phenols is 1. The van der Waals surface area contributed by atoms with E-state index >= 15 is 0 Å². The van der Waals surface area contributed by atoms with E-state index in [1.54, 1.807) is 6.07 Å². The van der Waals surface area contributed by atoms with Gasteiger partial charge in [0.15, 0.2) is 0 Å². The van der Waals surface area contributed by atoms with Gasteiger partial charge in [-0.25, -0.2) is 0 Å². The zero-order valence-corrected chi connectivity index (χ0v) is 14.8. The molecule has 0 unspecified atom stereocenters. The highest BCUT2D eigenvalue weighted by molar-refractivity contribution is 6.30. The molecule has 4 heteroatoms. The molecule has 1 N–H and O–H groups in total. The Kier molecular flexibility index (Phi) is 5.69. The summed E-state index contributed by atoms with van der Waals surface area (Å²) in [5.41, 5.74) is 4.09. The van der Waals surface area contributed by atoms with Gasteiger partial charge in [-0.1, -0.05) is 35.9 Å². The predicted octanol–water partition coefficient (Wildman–Crippen LogP) is 4.10. The molecule has 0 radical (unpaired) electrons. The fraction of sp³-hybridized carbons (Fsp3) is 0.263. The molecule has 2 aromatic carbocycles. The molecule has 3 nitrogen and oxygen atoms in total. The summed E-state index contributed by atoms with van der Waals surface area (Å²) in [6, 6.07) is 13.5. The van der Waals surface area contributed by atoms with E-state index in [9.17, 15) is 5.11 Å². The average molecular weight is 331 g/mol. The number of likely N-dealkylation sites (N-methyl/N-ethyl adjacent to an activating group) is 1. The number of phenolic OH excluding ortho intramolecular Hbond substituents is 1. The Labute approximate surface area is 143 Å². The smallest absolute Gasteiger partial charge is 0.138 e. The maximum absolute atomic E-state index is 10.0. The molecule has 0 atom stereocenters. The molecular weight excluding hydrogens is 308 g/mol. The lowest BCUT2D eigenvalue weighted by Crippen LogP contribution is -2.11. The molecule has 0 saturated carbocycles. The molecular formula is C19H23ClN2O. The van der Waals surface area contributed by atoms with Gasteiger partial charge >= 0.3 is 0 Å². The minimum Gasteiger partial charge on any atom is -0.506 e. The van der Waals surface area contributed by atoms with Crippen LogP contribution in [0.25, 0.3) is 5.57 Å². The van der Waals surface area contributed by atoms with Crippen LogP contribution in [0.3, 0.4) is 0 Å². The van der Waals surface area contributed by atoms with Crippen LogP contribution in [0, 0.1) is 0 Å². The third kappa shape index (κ3) is 4.50. The highest BCUT2D eigenvalue weighted by Gasteiger charge is 2.10. The second-order valence-electron chi connectivity index (χ2n) is 5.98. The molecule has 0 aliphatic rings. The Morgan fingerprint density at radius 1 is 1.00 bits per heavy atom. The third-order valence-corrected chi connectivity index (χ3v) is 3.84. The topological polar surface area (TPSA) is 26.7 Å². The normalized spacial score (nSPS) is 11.8. The fourth-order valence-corrected chi connectivity index (χ4v) is 2.48. The summed E-state index contributed by atoms with van der Waals surface area (Å²) in [5, 5.41) is 10.7. The van der Waals surface area contributed by atoms with Gasteiger partial charge in [-0.3, -0.25) is 0 Å². The van der Waals surface area contributed by atoms with E-state index in [-0.39, 0.29) is 5.75 Å².